The molecule has 1 aliphatic carbocycles. The number of nitrogens with zero attached hydrogens (tertiary/aromatic N) is 2. The number of imidazole rings is 1. The lowest BCUT2D eigenvalue weighted by molar-refractivity contribution is 0.124. The minimum Gasteiger partial charge on any atom is -0.390 e. The summed E-state index contributed by atoms with van der Waals surface area (Å²) in [7, 11) is 0. The summed E-state index contributed by atoms with van der Waals surface area (Å²) < 4.78 is 2.09. The summed E-state index contributed by atoms with van der Waals surface area (Å²) in [5, 5.41) is 10.4. The average Bonchev–Trinajstić information content (AvgIpc) is 2.91. The first-order valence-electron chi connectivity index (χ1n) is 7.74. The molecule has 1 aromatic carbocycles. The van der Waals surface area contributed by atoms with Gasteiger partial charge in [0.25, 0.3) is 0 Å². The molecule has 2 atom stereocenters. The van der Waals surface area contributed by atoms with Crippen LogP contribution in [0.5, 0.6) is 0 Å². The lowest BCUT2D eigenvalue weighted by Crippen LogP contribution is -2.39. The fourth-order valence-corrected chi connectivity index (χ4v) is 3.05. The Morgan fingerprint density at radius 1 is 1.19 bits per heavy atom. The third-order valence-corrected chi connectivity index (χ3v) is 4.30. The fraction of sp³-hybridized carbons (Fsp3) is 0.471. The van der Waals surface area contributed by atoms with Gasteiger partial charge < -0.3 is 15.4 Å². The summed E-state index contributed by atoms with van der Waals surface area (Å²) in [5.74, 6) is 0. The molecule has 0 amide bonds. The maximum Gasteiger partial charge on any atom is 0.0952 e. The number of aryl methyl sites for hydroxylation is 1. The van der Waals surface area contributed by atoms with Crippen molar-refractivity contribution in [1.82, 2.24) is 9.55 Å². The number of aliphatic hydroxyl groups excluding tert-OH is 1. The van der Waals surface area contributed by atoms with E-state index in [1.54, 1.807) is 0 Å². The smallest absolute Gasteiger partial charge is 0.0952 e. The molecule has 0 saturated carbocycles. The van der Waals surface area contributed by atoms with Crippen LogP contribution < -0.4 is 5.73 Å². The molecule has 4 nitrogen and oxygen atoms in total. The molecule has 4 heteroatoms. The molecule has 1 heterocycles. The Bertz CT molecular complexity index is 579. The molecule has 0 spiro atoms. The predicted octanol–water partition coefficient (Wildman–Crippen LogP) is 1.69. The van der Waals surface area contributed by atoms with E-state index in [-0.39, 0.29) is 6.04 Å². The first-order valence-corrected chi connectivity index (χ1v) is 7.74. The molecule has 2 unspecified atom stereocenters. The van der Waals surface area contributed by atoms with Crippen LogP contribution in [-0.4, -0.2) is 26.8 Å². The third kappa shape index (κ3) is 3.34. The van der Waals surface area contributed by atoms with E-state index in [2.05, 4.69) is 9.55 Å². The molecular weight excluding hydrogens is 262 g/mol. The normalized spacial score (nSPS) is 17.2. The second-order valence-corrected chi connectivity index (χ2v) is 5.92. The van der Waals surface area contributed by atoms with Gasteiger partial charge in [-0.25, -0.2) is 4.98 Å². The Morgan fingerprint density at radius 2 is 1.95 bits per heavy atom. The van der Waals surface area contributed by atoms with Gasteiger partial charge >= 0.3 is 0 Å². The second kappa shape index (κ2) is 6.41. The van der Waals surface area contributed by atoms with Gasteiger partial charge in [-0.05, 0) is 37.7 Å². The van der Waals surface area contributed by atoms with Crippen LogP contribution in [0.15, 0.2) is 36.7 Å². The van der Waals surface area contributed by atoms with Crippen LogP contribution in [0.4, 0.5) is 0 Å². The average molecular weight is 285 g/mol. The summed E-state index contributed by atoms with van der Waals surface area (Å²) in [4.78, 5) is 4.46. The van der Waals surface area contributed by atoms with Crippen molar-refractivity contribution in [3.05, 3.63) is 53.6 Å². The number of nitrogens with two attached hydrogens (primary N) is 1. The van der Waals surface area contributed by atoms with Crippen LogP contribution in [0.1, 0.15) is 29.8 Å². The van der Waals surface area contributed by atoms with E-state index < -0.39 is 6.10 Å². The van der Waals surface area contributed by atoms with E-state index in [0.717, 1.165) is 18.4 Å². The lowest BCUT2D eigenvalue weighted by Gasteiger charge is -2.21. The number of rotatable bonds is 5. The Balaban J connectivity index is 1.63. The van der Waals surface area contributed by atoms with Gasteiger partial charge in [0, 0.05) is 11.7 Å². The van der Waals surface area contributed by atoms with Crippen LogP contribution in [0.25, 0.3) is 0 Å². The molecular formula is C17H23N3O. The van der Waals surface area contributed by atoms with Gasteiger partial charge in [0.05, 0.1) is 24.7 Å². The molecule has 3 N–H and O–H groups in total. The van der Waals surface area contributed by atoms with Crippen molar-refractivity contribution in [1.29, 1.82) is 0 Å². The Hall–Kier alpha value is -1.65. The third-order valence-electron chi connectivity index (χ3n) is 4.30. The van der Waals surface area contributed by atoms with Gasteiger partial charge in [0.15, 0.2) is 0 Å². The van der Waals surface area contributed by atoms with Gasteiger partial charge in [-0.15, -0.1) is 0 Å². The highest BCUT2D eigenvalue weighted by Crippen LogP contribution is 2.20. The quantitative estimate of drug-likeness (QED) is 0.878. The molecule has 2 aromatic rings. The van der Waals surface area contributed by atoms with E-state index in [1.807, 2.05) is 36.7 Å². The first-order chi connectivity index (χ1) is 10.2. The molecule has 0 aliphatic heterocycles. The molecule has 1 aromatic heterocycles. The van der Waals surface area contributed by atoms with Crippen LogP contribution in [0.3, 0.4) is 0 Å². The number of aliphatic hydroxyl groups is 1. The fourth-order valence-electron chi connectivity index (χ4n) is 3.05. The molecule has 112 valence electrons. The molecule has 21 heavy (non-hydrogen) atoms. The van der Waals surface area contributed by atoms with Crippen molar-refractivity contribution in [3.63, 3.8) is 0 Å². The van der Waals surface area contributed by atoms with Gasteiger partial charge in [0.1, 0.15) is 0 Å². The Labute approximate surface area is 125 Å². The van der Waals surface area contributed by atoms with E-state index >= 15 is 0 Å². The molecule has 0 saturated heterocycles. The molecule has 0 bridgehead atoms. The van der Waals surface area contributed by atoms with Crippen molar-refractivity contribution >= 4 is 0 Å². The zero-order valence-electron chi connectivity index (χ0n) is 12.3. The molecule has 0 fully saturated rings. The van der Waals surface area contributed by atoms with Crippen molar-refractivity contribution in [2.24, 2.45) is 5.73 Å². The zero-order valence-corrected chi connectivity index (χ0v) is 12.3. The minimum absolute atomic E-state index is 0.256. The topological polar surface area (TPSA) is 64.1 Å². The first kappa shape index (κ1) is 14.3. The minimum atomic E-state index is -0.551. The van der Waals surface area contributed by atoms with Crippen LogP contribution in [0.2, 0.25) is 0 Å². The van der Waals surface area contributed by atoms with Crippen molar-refractivity contribution in [2.75, 3.05) is 0 Å². The van der Waals surface area contributed by atoms with Crippen molar-refractivity contribution in [3.8, 4) is 0 Å². The monoisotopic (exact) mass is 285 g/mol. The van der Waals surface area contributed by atoms with Crippen molar-refractivity contribution < 1.29 is 5.11 Å². The number of hydrogen-bond acceptors (Lipinski definition) is 3. The SMILES string of the molecule is NC(Cc1ccccc1)C(O)Cn1cnc2c1CCCC2. The molecule has 1 aliphatic rings. The summed E-state index contributed by atoms with van der Waals surface area (Å²) in [6.45, 7) is 0.538. The van der Waals surface area contributed by atoms with Gasteiger partial charge in [-0.1, -0.05) is 30.3 Å². The van der Waals surface area contributed by atoms with Gasteiger partial charge in [-0.2, -0.15) is 0 Å². The summed E-state index contributed by atoms with van der Waals surface area (Å²) in [6.07, 6.45) is 6.56. The van der Waals surface area contributed by atoms with E-state index in [4.69, 9.17) is 5.73 Å². The lowest BCUT2D eigenvalue weighted by atomic mass is 10.00. The maximum atomic E-state index is 10.4. The van der Waals surface area contributed by atoms with Crippen LogP contribution in [-0.2, 0) is 25.8 Å². The van der Waals surface area contributed by atoms with E-state index in [1.165, 1.54) is 24.2 Å². The predicted molar refractivity (Wildman–Crippen MR) is 83.0 cm³/mol. The largest absolute Gasteiger partial charge is 0.390 e. The molecule has 3 rings (SSSR count). The van der Waals surface area contributed by atoms with E-state index in [0.29, 0.717) is 13.0 Å². The molecule has 0 radical (unpaired) electrons. The standard InChI is InChI=1S/C17H23N3O/c18-14(10-13-6-2-1-3-7-13)17(21)11-20-12-19-15-8-4-5-9-16(15)20/h1-3,6-7,12,14,17,21H,4-5,8-11,18H2. The summed E-state index contributed by atoms with van der Waals surface area (Å²) in [6, 6.07) is 9.83. The number of benzene rings is 1. The van der Waals surface area contributed by atoms with Gasteiger partial charge in [-0.3, -0.25) is 0 Å². The highest BCUT2D eigenvalue weighted by molar-refractivity contribution is 5.18. The number of fused-ring (bicyclic) bond motifs is 1. The number of hydrogen-bond donors (Lipinski definition) is 2. The number of aromatic nitrogens is 2. The maximum absolute atomic E-state index is 10.4. The Kier molecular flexibility index (Phi) is 4.36. The zero-order chi connectivity index (χ0) is 14.7. The highest BCUT2D eigenvalue weighted by atomic mass is 16.3. The van der Waals surface area contributed by atoms with E-state index in [9.17, 15) is 5.11 Å². The van der Waals surface area contributed by atoms with Crippen LogP contribution >= 0.6 is 0 Å². The second-order valence-electron chi connectivity index (χ2n) is 5.92. The Morgan fingerprint density at radius 3 is 2.76 bits per heavy atom. The summed E-state index contributed by atoms with van der Waals surface area (Å²) >= 11 is 0. The highest BCUT2D eigenvalue weighted by Gasteiger charge is 2.20. The van der Waals surface area contributed by atoms with Crippen molar-refractivity contribution in [2.45, 2.75) is 50.8 Å². The van der Waals surface area contributed by atoms with Crippen LogP contribution in [0, 0.1) is 0 Å². The van der Waals surface area contributed by atoms with Gasteiger partial charge in [0.2, 0.25) is 0 Å². The summed E-state index contributed by atoms with van der Waals surface area (Å²) in [5.41, 5.74) is 9.81.